The van der Waals surface area contributed by atoms with Crippen molar-refractivity contribution in [3.63, 3.8) is 0 Å². The van der Waals surface area contributed by atoms with Gasteiger partial charge in [-0.15, -0.1) is 10.2 Å². The van der Waals surface area contributed by atoms with Gasteiger partial charge in [-0.05, 0) is 37.7 Å². The number of allylic oxidation sites excluding steroid dienone is 1. The summed E-state index contributed by atoms with van der Waals surface area (Å²) < 4.78 is 1.91. The van der Waals surface area contributed by atoms with E-state index in [1.807, 2.05) is 22.5 Å². The van der Waals surface area contributed by atoms with Gasteiger partial charge in [-0.2, -0.15) is 0 Å². The molecule has 0 amide bonds. The second-order valence-electron chi connectivity index (χ2n) is 6.54. The van der Waals surface area contributed by atoms with Gasteiger partial charge in [0.15, 0.2) is 5.65 Å². The first kappa shape index (κ1) is 13.7. The van der Waals surface area contributed by atoms with Crippen LogP contribution >= 0.6 is 11.8 Å². The molecule has 5 rings (SSSR count). The molecule has 0 saturated carbocycles. The van der Waals surface area contributed by atoms with E-state index in [-0.39, 0.29) is 5.37 Å². The highest BCUT2D eigenvalue weighted by molar-refractivity contribution is 8.00. The average molecular weight is 325 g/mol. The monoisotopic (exact) mass is 325 g/mol. The molecule has 0 radical (unpaired) electrons. The molecule has 1 aliphatic carbocycles. The third-order valence-corrected chi connectivity index (χ3v) is 6.43. The smallest absolute Gasteiger partial charge is 0.177 e. The lowest BCUT2D eigenvalue weighted by Gasteiger charge is -2.26. The predicted octanol–water partition coefficient (Wildman–Crippen LogP) is 3.77. The van der Waals surface area contributed by atoms with Gasteiger partial charge in [0.25, 0.3) is 0 Å². The van der Waals surface area contributed by atoms with Gasteiger partial charge in [-0.25, -0.2) is 4.98 Å². The number of dihydropyridines is 1. The molecule has 3 aliphatic rings. The summed E-state index contributed by atoms with van der Waals surface area (Å²) in [5, 5.41) is 8.57. The number of rotatable bonds is 3. The summed E-state index contributed by atoms with van der Waals surface area (Å²) in [5.74, 6) is 0.361. The number of thioether (sulfide) groups is 1. The fourth-order valence-corrected chi connectivity index (χ4v) is 5.52. The Morgan fingerprint density at radius 1 is 1.30 bits per heavy atom. The first-order valence-corrected chi connectivity index (χ1v) is 9.38. The summed E-state index contributed by atoms with van der Waals surface area (Å²) in [6.45, 7) is 2.25. The van der Waals surface area contributed by atoms with E-state index in [0.717, 1.165) is 12.1 Å². The lowest BCUT2D eigenvalue weighted by atomic mass is 9.87. The maximum atomic E-state index is 5.15. The van der Waals surface area contributed by atoms with Crippen LogP contribution in [0.25, 0.3) is 5.65 Å². The van der Waals surface area contributed by atoms with Crippen LogP contribution in [-0.2, 0) is 0 Å². The van der Waals surface area contributed by atoms with Crippen LogP contribution in [0.15, 0.2) is 33.7 Å². The molecule has 2 aliphatic heterocycles. The summed E-state index contributed by atoms with van der Waals surface area (Å²) in [7, 11) is 0. The van der Waals surface area contributed by atoms with E-state index >= 15 is 0 Å². The van der Waals surface area contributed by atoms with Crippen LogP contribution in [0, 0.1) is 0 Å². The van der Waals surface area contributed by atoms with Crippen molar-refractivity contribution in [3.8, 4) is 0 Å². The molecule has 0 spiro atoms. The minimum Gasteiger partial charge on any atom is -0.274 e. The molecule has 0 N–H and O–H groups in total. The molecule has 0 saturated heterocycles. The molecular weight excluding hydrogens is 306 g/mol. The third kappa shape index (κ3) is 1.94. The van der Waals surface area contributed by atoms with Gasteiger partial charge in [0.05, 0.1) is 16.5 Å². The SMILES string of the molecule is CCCCC1=N[C@H]2Sc3c(ncn4cnnc34)[C@H]2C2=C1CCC2. The van der Waals surface area contributed by atoms with Gasteiger partial charge < -0.3 is 0 Å². The van der Waals surface area contributed by atoms with Crippen molar-refractivity contribution in [2.24, 2.45) is 4.99 Å². The first-order chi connectivity index (χ1) is 11.4. The molecule has 0 bridgehead atoms. The van der Waals surface area contributed by atoms with Crippen molar-refractivity contribution >= 4 is 23.1 Å². The second-order valence-corrected chi connectivity index (χ2v) is 7.67. The van der Waals surface area contributed by atoms with Crippen LogP contribution in [0.3, 0.4) is 0 Å². The minimum absolute atomic E-state index is 0.254. The van der Waals surface area contributed by atoms with Gasteiger partial charge >= 0.3 is 0 Å². The first-order valence-electron chi connectivity index (χ1n) is 8.50. The maximum Gasteiger partial charge on any atom is 0.177 e. The Morgan fingerprint density at radius 2 is 2.26 bits per heavy atom. The van der Waals surface area contributed by atoms with E-state index < -0.39 is 0 Å². The van der Waals surface area contributed by atoms with Crippen molar-refractivity contribution in [1.82, 2.24) is 19.6 Å². The Hall–Kier alpha value is -1.69. The number of hydrogen-bond donors (Lipinski definition) is 0. The van der Waals surface area contributed by atoms with Crippen LogP contribution in [-0.4, -0.2) is 30.7 Å². The Bertz CT molecular complexity index is 850. The highest BCUT2D eigenvalue weighted by Crippen LogP contribution is 2.55. The number of aliphatic imine (C=N–C) groups is 1. The number of nitrogens with zero attached hydrogens (tertiary/aromatic N) is 5. The molecule has 0 fully saturated rings. The van der Waals surface area contributed by atoms with Crippen molar-refractivity contribution < 1.29 is 0 Å². The average Bonchev–Trinajstić information content (AvgIpc) is 3.27. The van der Waals surface area contributed by atoms with E-state index in [2.05, 4.69) is 17.1 Å². The van der Waals surface area contributed by atoms with Crippen LogP contribution < -0.4 is 0 Å². The van der Waals surface area contributed by atoms with E-state index in [4.69, 9.17) is 9.98 Å². The van der Waals surface area contributed by atoms with E-state index in [1.165, 1.54) is 48.4 Å². The summed E-state index contributed by atoms with van der Waals surface area (Å²) in [6, 6.07) is 0. The fraction of sp³-hybridized carbons (Fsp3) is 0.529. The number of unbranched alkanes of at least 4 members (excludes halogenated alkanes) is 1. The Labute approximate surface area is 139 Å². The topological polar surface area (TPSA) is 55.4 Å². The summed E-state index contributed by atoms with van der Waals surface area (Å²) >= 11 is 1.83. The normalized spacial score (nSPS) is 25.5. The predicted molar refractivity (Wildman–Crippen MR) is 91.0 cm³/mol. The van der Waals surface area contributed by atoms with Gasteiger partial charge in [0, 0.05) is 5.71 Å². The van der Waals surface area contributed by atoms with Crippen molar-refractivity contribution in [2.45, 2.75) is 61.6 Å². The van der Waals surface area contributed by atoms with Gasteiger partial charge in [-0.1, -0.05) is 30.7 Å². The zero-order chi connectivity index (χ0) is 15.4. The standard InChI is InChI=1S/C17H19N5S/c1-2-3-7-12-10-5-4-6-11(10)13-14-15(23-17(13)20-12)16-21-19-9-22(16)8-18-14/h8-9,13,17H,2-7H2,1H3/t13-,17+/m1/s1. The van der Waals surface area contributed by atoms with Gasteiger partial charge in [-0.3, -0.25) is 9.39 Å². The highest BCUT2D eigenvalue weighted by atomic mass is 32.2. The van der Waals surface area contributed by atoms with Crippen LogP contribution in [0.5, 0.6) is 0 Å². The summed E-state index contributed by atoms with van der Waals surface area (Å²) in [4.78, 5) is 11.1. The summed E-state index contributed by atoms with van der Waals surface area (Å²) in [5.41, 5.74) is 6.64. The Morgan fingerprint density at radius 3 is 3.17 bits per heavy atom. The largest absolute Gasteiger partial charge is 0.274 e. The number of hydrogen-bond acceptors (Lipinski definition) is 5. The maximum absolute atomic E-state index is 5.15. The van der Waals surface area contributed by atoms with Crippen molar-refractivity contribution in [2.75, 3.05) is 0 Å². The third-order valence-electron chi connectivity index (χ3n) is 5.18. The Kier molecular flexibility index (Phi) is 3.08. The number of fused-ring (bicyclic) bond motifs is 6. The molecule has 2 aromatic rings. The molecule has 23 heavy (non-hydrogen) atoms. The molecule has 118 valence electrons. The molecule has 2 atom stereocenters. The Balaban J connectivity index is 1.63. The zero-order valence-corrected chi connectivity index (χ0v) is 14.0. The minimum atomic E-state index is 0.254. The molecule has 0 aromatic carbocycles. The number of aromatic nitrogens is 4. The van der Waals surface area contributed by atoms with Crippen LogP contribution in [0.2, 0.25) is 0 Å². The van der Waals surface area contributed by atoms with Crippen LogP contribution in [0.4, 0.5) is 0 Å². The highest BCUT2D eigenvalue weighted by Gasteiger charge is 2.43. The molecule has 0 unspecified atom stereocenters. The quantitative estimate of drug-likeness (QED) is 0.862. The van der Waals surface area contributed by atoms with Gasteiger partial charge in [0.1, 0.15) is 18.0 Å². The van der Waals surface area contributed by atoms with E-state index in [1.54, 1.807) is 17.5 Å². The fourth-order valence-electron chi connectivity index (χ4n) is 4.11. The molecule has 2 aromatic heterocycles. The molecule has 5 nitrogen and oxygen atoms in total. The summed E-state index contributed by atoms with van der Waals surface area (Å²) in [6.07, 6.45) is 10.8. The zero-order valence-electron chi connectivity index (χ0n) is 13.2. The van der Waals surface area contributed by atoms with Gasteiger partial charge in [0.2, 0.25) is 0 Å². The van der Waals surface area contributed by atoms with E-state index in [0.29, 0.717) is 5.92 Å². The lowest BCUT2D eigenvalue weighted by molar-refractivity contribution is 0.694. The van der Waals surface area contributed by atoms with Crippen molar-refractivity contribution in [1.29, 1.82) is 0 Å². The molecular formula is C17H19N5S. The molecule has 4 heterocycles. The second kappa shape index (κ2) is 5.16. The van der Waals surface area contributed by atoms with Crippen molar-refractivity contribution in [3.05, 3.63) is 29.5 Å². The molecule has 6 heteroatoms. The van der Waals surface area contributed by atoms with E-state index in [9.17, 15) is 0 Å². The lowest BCUT2D eigenvalue weighted by Crippen LogP contribution is -2.21. The van der Waals surface area contributed by atoms with Crippen LogP contribution in [0.1, 0.15) is 57.1 Å².